The Hall–Kier alpha value is -0.630. The molecule has 1 aromatic carbocycles. The van der Waals surface area contributed by atoms with Crippen molar-refractivity contribution in [1.82, 2.24) is 4.72 Å². The predicted octanol–water partition coefficient (Wildman–Crippen LogP) is 2.39. The van der Waals surface area contributed by atoms with Gasteiger partial charge in [0.15, 0.2) is 0 Å². The average molecular weight is 377 g/mol. The lowest BCUT2D eigenvalue weighted by atomic mass is 9.95. The Morgan fingerprint density at radius 2 is 1.86 bits per heavy atom. The molecule has 21 heavy (non-hydrogen) atoms. The van der Waals surface area contributed by atoms with Gasteiger partial charge in [-0.3, -0.25) is 0 Å². The summed E-state index contributed by atoms with van der Waals surface area (Å²) in [7, 11) is -3.67. The van der Waals surface area contributed by atoms with Crippen molar-refractivity contribution in [2.24, 2.45) is 0 Å². The van der Waals surface area contributed by atoms with E-state index in [9.17, 15) is 13.5 Å². The van der Waals surface area contributed by atoms with E-state index in [1.54, 1.807) is 12.1 Å². The number of nitrogens with one attached hydrogen (secondary N) is 1. The highest BCUT2D eigenvalue weighted by atomic mass is 79.9. The fourth-order valence-corrected chi connectivity index (χ4v) is 4.82. The van der Waals surface area contributed by atoms with E-state index in [4.69, 9.17) is 5.73 Å². The molecule has 4 N–H and O–H groups in total. The molecule has 0 aromatic heterocycles. The summed E-state index contributed by atoms with van der Waals surface area (Å²) < 4.78 is 27.6. The Morgan fingerprint density at radius 3 is 2.43 bits per heavy atom. The average Bonchev–Trinajstić information content (AvgIpc) is 2.62. The van der Waals surface area contributed by atoms with Crippen molar-refractivity contribution in [3.8, 4) is 0 Å². The van der Waals surface area contributed by atoms with Crippen molar-refractivity contribution < 1.29 is 13.5 Å². The Kier molecular flexibility index (Phi) is 5.29. The summed E-state index contributed by atoms with van der Waals surface area (Å²) in [5.41, 5.74) is 5.16. The quantitative estimate of drug-likeness (QED) is 0.555. The van der Waals surface area contributed by atoms with E-state index in [-0.39, 0.29) is 11.4 Å². The second-order valence-corrected chi connectivity index (χ2v) is 8.24. The molecule has 0 unspecified atom stereocenters. The minimum atomic E-state index is -3.67. The first-order valence-electron chi connectivity index (χ1n) is 7.10. The van der Waals surface area contributed by atoms with Crippen molar-refractivity contribution >= 4 is 31.6 Å². The van der Waals surface area contributed by atoms with Gasteiger partial charge in [0, 0.05) is 16.7 Å². The van der Waals surface area contributed by atoms with Gasteiger partial charge >= 0.3 is 0 Å². The van der Waals surface area contributed by atoms with E-state index in [0.29, 0.717) is 23.0 Å². The molecule has 1 aromatic rings. The van der Waals surface area contributed by atoms with Gasteiger partial charge in [0.1, 0.15) is 0 Å². The summed E-state index contributed by atoms with van der Waals surface area (Å²) in [6.07, 6.45) is 5.33. The van der Waals surface area contributed by atoms with Crippen LogP contribution in [0, 0.1) is 0 Å². The number of rotatable bonds is 4. The number of halogens is 1. The third kappa shape index (κ3) is 4.42. The monoisotopic (exact) mass is 376 g/mol. The largest absolute Gasteiger partial charge is 0.399 e. The number of sulfonamides is 1. The van der Waals surface area contributed by atoms with E-state index in [0.717, 1.165) is 25.7 Å². The number of nitrogens with two attached hydrogens (primary N) is 1. The van der Waals surface area contributed by atoms with E-state index < -0.39 is 15.6 Å². The van der Waals surface area contributed by atoms with E-state index in [1.807, 2.05) is 0 Å². The summed E-state index contributed by atoms with van der Waals surface area (Å²) in [6.45, 7) is 0.0478. The lowest BCUT2D eigenvalue weighted by Gasteiger charge is -2.26. The van der Waals surface area contributed by atoms with Crippen LogP contribution in [0.15, 0.2) is 27.6 Å². The molecular formula is C14H21BrN2O3S. The molecule has 0 heterocycles. The molecule has 7 heteroatoms. The van der Waals surface area contributed by atoms with Crippen LogP contribution in [0.4, 0.5) is 5.69 Å². The molecular weight excluding hydrogens is 356 g/mol. The maximum Gasteiger partial charge on any atom is 0.241 e. The number of nitrogen functional groups attached to an aromatic ring is 1. The molecule has 1 aliphatic rings. The Labute approximate surface area is 134 Å². The highest BCUT2D eigenvalue weighted by Crippen LogP contribution is 2.28. The molecule has 0 bridgehead atoms. The van der Waals surface area contributed by atoms with Crippen LogP contribution < -0.4 is 10.5 Å². The fourth-order valence-electron chi connectivity index (χ4n) is 2.61. The van der Waals surface area contributed by atoms with Crippen LogP contribution in [-0.4, -0.2) is 25.7 Å². The summed E-state index contributed by atoms with van der Waals surface area (Å²) in [4.78, 5) is 0.133. The molecule has 1 fully saturated rings. The highest BCUT2D eigenvalue weighted by Gasteiger charge is 2.30. The van der Waals surface area contributed by atoms with Gasteiger partial charge < -0.3 is 10.8 Å². The number of aliphatic hydroxyl groups is 1. The molecule has 0 amide bonds. The van der Waals surface area contributed by atoms with Gasteiger partial charge in [-0.1, -0.05) is 25.7 Å². The van der Waals surface area contributed by atoms with Crippen molar-refractivity contribution in [2.75, 3.05) is 12.3 Å². The van der Waals surface area contributed by atoms with Gasteiger partial charge in [-0.2, -0.15) is 0 Å². The van der Waals surface area contributed by atoms with Crippen LogP contribution >= 0.6 is 15.9 Å². The number of benzene rings is 1. The normalized spacial score (nSPS) is 19.1. The lowest BCUT2D eigenvalue weighted by Crippen LogP contribution is -2.42. The number of hydrogen-bond acceptors (Lipinski definition) is 4. The zero-order chi connectivity index (χ0) is 15.5. The Balaban J connectivity index is 2.10. The van der Waals surface area contributed by atoms with Crippen molar-refractivity contribution in [3.05, 3.63) is 22.7 Å². The van der Waals surface area contributed by atoms with Crippen LogP contribution in [0.1, 0.15) is 38.5 Å². The summed E-state index contributed by atoms with van der Waals surface area (Å²) >= 11 is 3.21. The molecule has 0 spiro atoms. The van der Waals surface area contributed by atoms with E-state index in [2.05, 4.69) is 20.7 Å². The summed E-state index contributed by atoms with van der Waals surface area (Å²) in [6, 6.07) is 4.55. The zero-order valence-corrected chi connectivity index (χ0v) is 14.2. The van der Waals surface area contributed by atoms with Crippen molar-refractivity contribution in [2.45, 2.75) is 49.0 Å². The van der Waals surface area contributed by atoms with E-state index in [1.165, 1.54) is 6.07 Å². The molecule has 2 rings (SSSR count). The van der Waals surface area contributed by atoms with Gasteiger partial charge in [0.2, 0.25) is 10.0 Å². The second kappa shape index (κ2) is 6.64. The van der Waals surface area contributed by atoms with Crippen LogP contribution in [0.2, 0.25) is 0 Å². The first kappa shape index (κ1) is 16.7. The molecule has 0 aliphatic heterocycles. The first-order chi connectivity index (χ1) is 9.82. The Bertz CT molecular complexity index is 596. The minimum Gasteiger partial charge on any atom is -0.399 e. The van der Waals surface area contributed by atoms with Gasteiger partial charge in [0.25, 0.3) is 0 Å². The molecule has 1 aliphatic carbocycles. The first-order valence-corrected chi connectivity index (χ1v) is 9.37. The molecule has 0 radical (unpaired) electrons. The Morgan fingerprint density at radius 1 is 1.24 bits per heavy atom. The molecule has 0 saturated heterocycles. The summed E-state index contributed by atoms with van der Waals surface area (Å²) in [5, 5.41) is 10.5. The van der Waals surface area contributed by atoms with Gasteiger partial charge in [0.05, 0.1) is 10.5 Å². The lowest BCUT2D eigenvalue weighted by molar-refractivity contribution is 0.0303. The molecule has 5 nitrogen and oxygen atoms in total. The maximum absolute atomic E-state index is 12.3. The fraction of sp³-hybridized carbons (Fsp3) is 0.571. The third-order valence-corrected chi connectivity index (χ3v) is 6.25. The topological polar surface area (TPSA) is 92.4 Å². The predicted molar refractivity (Wildman–Crippen MR) is 86.4 cm³/mol. The van der Waals surface area contributed by atoms with Gasteiger partial charge in [-0.05, 0) is 47.0 Å². The highest BCUT2D eigenvalue weighted by molar-refractivity contribution is 9.10. The van der Waals surface area contributed by atoms with Crippen LogP contribution in [0.25, 0.3) is 0 Å². The van der Waals surface area contributed by atoms with E-state index >= 15 is 0 Å². The number of hydrogen-bond donors (Lipinski definition) is 3. The zero-order valence-electron chi connectivity index (χ0n) is 11.8. The van der Waals surface area contributed by atoms with Crippen LogP contribution in [-0.2, 0) is 10.0 Å². The van der Waals surface area contributed by atoms with Gasteiger partial charge in [-0.25, -0.2) is 13.1 Å². The van der Waals surface area contributed by atoms with Gasteiger partial charge in [-0.15, -0.1) is 0 Å². The minimum absolute atomic E-state index is 0.0478. The number of anilines is 1. The third-order valence-electron chi connectivity index (χ3n) is 3.87. The molecule has 118 valence electrons. The maximum atomic E-state index is 12.3. The SMILES string of the molecule is Nc1ccc(S(=O)(=O)NCC2(O)CCCCCC2)c(Br)c1. The summed E-state index contributed by atoms with van der Waals surface area (Å²) in [5.74, 6) is 0. The van der Waals surface area contributed by atoms with Crippen molar-refractivity contribution in [1.29, 1.82) is 0 Å². The molecule has 1 saturated carbocycles. The van der Waals surface area contributed by atoms with Crippen molar-refractivity contribution in [3.63, 3.8) is 0 Å². The van der Waals surface area contributed by atoms with Crippen LogP contribution in [0.5, 0.6) is 0 Å². The second-order valence-electron chi connectivity index (χ2n) is 5.65. The van der Waals surface area contributed by atoms with Crippen LogP contribution in [0.3, 0.4) is 0 Å². The smallest absolute Gasteiger partial charge is 0.241 e. The molecule has 0 atom stereocenters. The standard InChI is InChI=1S/C14H21BrN2O3S/c15-12-9-11(16)5-6-13(12)21(19,20)17-10-14(18)7-3-1-2-4-8-14/h5-6,9,17-18H,1-4,7-8,10,16H2.